The molecule has 3 aromatic rings. The third kappa shape index (κ3) is 5.51. The van der Waals surface area contributed by atoms with E-state index in [-0.39, 0.29) is 18.2 Å². The van der Waals surface area contributed by atoms with Gasteiger partial charge in [0.15, 0.2) is 11.5 Å². The molecule has 0 saturated carbocycles. The van der Waals surface area contributed by atoms with Gasteiger partial charge in [-0.2, -0.15) is 0 Å². The highest BCUT2D eigenvalue weighted by Crippen LogP contribution is 2.33. The number of anilines is 1. The molecule has 33 heavy (non-hydrogen) atoms. The number of nitrogens with one attached hydrogen (secondary N) is 1. The minimum atomic E-state index is -0.0985. The van der Waals surface area contributed by atoms with Crippen molar-refractivity contribution in [1.29, 1.82) is 0 Å². The minimum Gasteiger partial charge on any atom is -0.493 e. The fraction of sp³-hybridized carbons (Fsp3) is 0.320. The molecule has 1 aromatic heterocycles. The van der Waals surface area contributed by atoms with Crippen molar-refractivity contribution in [1.82, 2.24) is 10.3 Å². The number of rotatable bonds is 8. The summed E-state index contributed by atoms with van der Waals surface area (Å²) in [6, 6.07) is 13.4. The van der Waals surface area contributed by atoms with E-state index in [4.69, 9.17) is 9.47 Å². The third-order valence-corrected chi connectivity index (χ3v) is 6.50. The fourth-order valence-corrected chi connectivity index (χ4v) is 4.65. The van der Waals surface area contributed by atoms with Gasteiger partial charge in [0.2, 0.25) is 11.8 Å². The van der Waals surface area contributed by atoms with Crippen molar-refractivity contribution in [2.24, 2.45) is 0 Å². The molecule has 4 rings (SSSR count). The number of hydrogen-bond donors (Lipinski definition) is 1. The van der Waals surface area contributed by atoms with E-state index in [2.05, 4.69) is 10.3 Å². The SMILES string of the molecule is COc1ccc(-c2nc(CC(=O)NCc3cccc(N4CCCCC4=O)c3)cs2)cc1OC. The van der Waals surface area contributed by atoms with Crippen LogP contribution < -0.4 is 19.7 Å². The van der Waals surface area contributed by atoms with Gasteiger partial charge in [-0.25, -0.2) is 4.98 Å². The topological polar surface area (TPSA) is 80.8 Å². The number of piperidine rings is 1. The number of nitrogens with zero attached hydrogens (tertiary/aromatic N) is 2. The number of carbonyl (C=O) groups excluding carboxylic acids is 2. The zero-order chi connectivity index (χ0) is 23.2. The average Bonchev–Trinajstić information content (AvgIpc) is 3.31. The Balaban J connectivity index is 1.35. The van der Waals surface area contributed by atoms with Crippen LogP contribution >= 0.6 is 11.3 Å². The second kappa shape index (κ2) is 10.5. The number of aromatic nitrogens is 1. The molecule has 1 saturated heterocycles. The molecule has 0 aliphatic carbocycles. The Bertz CT molecular complexity index is 1140. The third-order valence-electron chi connectivity index (χ3n) is 5.56. The lowest BCUT2D eigenvalue weighted by atomic mass is 10.1. The van der Waals surface area contributed by atoms with E-state index < -0.39 is 0 Å². The molecular formula is C25H27N3O4S. The van der Waals surface area contributed by atoms with Crippen LogP contribution in [0.15, 0.2) is 47.8 Å². The van der Waals surface area contributed by atoms with E-state index in [1.165, 1.54) is 11.3 Å². The van der Waals surface area contributed by atoms with Gasteiger partial charge in [-0.15, -0.1) is 11.3 Å². The monoisotopic (exact) mass is 465 g/mol. The maximum atomic E-state index is 12.5. The Morgan fingerprint density at radius 1 is 1.12 bits per heavy atom. The largest absolute Gasteiger partial charge is 0.493 e. The van der Waals surface area contributed by atoms with Gasteiger partial charge in [-0.05, 0) is 48.7 Å². The minimum absolute atomic E-state index is 0.0985. The van der Waals surface area contributed by atoms with Gasteiger partial charge in [-0.1, -0.05) is 12.1 Å². The number of hydrogen-bond acceptors (Lipinski definition) is 6. The van der Waals surface area contributed by atoms with Gasteiger partial charge in [0.05, 0.1) is 26.3 Å². The van der Waals surface area contributed by atoms with E-state index in [1.54, 1.807) is 14.2 Å². The molecular weight excluding hydrogens is 438 g/mol. The van der Waals surface area contributed by atoms with Crippen LogP contribution in [0.1, 0.15) is 30.5 Å². The highest BCUT2D eigenvalue weighted by atomic mass is 32.1. The molecule has 0 bridgehead atoms. The smallest absolute Gasteiger partial charge is 0.226 e. The van der Waals surface area contributed by atoms with Crippen LogP contribution in [0.5, 0.6) is 11.5 Å². The molecule has 1 fully saturated rings. The van der Waals surface area contributed by atoms with Crippen LogP contribution in [0.4, 0.5) is 5.69 Å². The van der Waals surface area contributed by atoms with Gasteiger partial charge >= 0.3 is 0 Å². The molecule has 1 N–H and O–H groups in total. The van der Waals surface area contributed by atoms with Crippen LogP contribution in [0.2, 0.25) is 0 Å². The van der Waals surface area contributed by atoms with E-state index in [0.717, 1.165) is 46.9 Å². The van der Waals surface area contributed by atoms with Gasteiger partial charge in [0.1, 0.15) is 5.01 Å². The summed E-state index contributed by atoms with van der Waals surface area (Å²) in [7, 11) is 3.19. The molecule has 172 valence electrons. The van der Waals surface area contributed by atoms with Crippen LogP contribution in [0.25, 0.3) is 10.6 Å². The van der Waals surface area contributed by atoms with Crippen molar-refractivity contribution >= 4 is 28.8 Å². The van der Waals surface area contributed by atoms with Gasteiger partial charge in [-0.3, -0.25) is 9.59 Å². The van der Waals surface area contributed by atoms with E-state index in [1.807, 2.05) is 52.7 Å². The number of carbonyl (C=O) groups is 2. The quantitative estimate of drug-likeness (QED) is 0.539. The lowest BCUT2D eigenvalue weighted by Gasteiger charge is -2.27. The average molecular weight is 466 g/mol. The number of ether oxygens (including phenoxy) is 2. The summed E-state index contributed by atoms with van der Waals surface area (Å²) >= 11 is 1.48. The Morgan fingerprint density at radius 3 is 2.76 bits per heavy atom. The normalized spacial score (nSPS) is 13.6. The van der Waals surface area contributed by atoms with Crippen molar-refractivity contribution in [3.05, 3.63) is 59.1 Å². The maximum absolute atomic E-state index is 12.5. The Kier molecular flexibility index (Phi) is 7.24. The highest BCUT2D eigenvalue weighted by molar-refractivity contribution is 7.13. The number of benzene rings is 2. The summed E-state index contributed by atoms with van der Waals surface area (Å²) in [6.07, 6.45) is 2.77. The Hall–Kier alpha value is -3.39. The van der Waals surface area contributed by atoms with E-state index in [0.29, 0.717) is 24.5 Å². The molecule has 7 nitrogen and oxygen atoms in total. The molecule has 0 radical (unpaired) electrons. The second-order valence-electron chi connectivity index (χ2n) is 7.84. The number of amides is 2. The van der Waals surface area contributed by atoms with E-state index >= 15 is 0 Å². The zero-order valence-electron chi connectivity index (χ0n) is 18.8. The molecule has 1 aliphatic heterocycles. The summed E-state index contributed by atoms with van der Waals surface area (Å²) in [5.41, 5.74) is 3.48. The standard InChI is InChI=1S/C25H27N3O4S/c1-31-21-10-9-18(13-22(21)32-2)25-27-19(16-33-25)14-23(29)26-15-17-6-5-7-20(12-17)28-11-4-3-8-24(28)30/h5-7,9-10,12-13,16H,3-4,8,11,14-15H2,1-2H3,(H,26,29). The van der Waals surface area contributed by atoms with Crippen LogP contribution in [-0.2, 0) is 22.6 Å². The first kappa shape index (κ1) is 22.8. The molecule has 0 spiro atoms. The van der Waals surface area contributed by atoms with Crippen molar-refractivity contribution in [2.75, 3.05) is 25.7 Å². The number of thiazole rings is 1. The molecule has 2 heterocycles. The maximum Gasteiger partial charge on any atom is 0.226 e. The molecule has 0 unspecified atom stereocenters. The first-order valence-electron chi connectivity index (χ1n) is 10.9. The highest BCUT2D eigenvalue weighted by Gasteiger charge is 2.19. The van der Waals surface area contributed by atoms with Gasteiger partial charge in [0.25, 0.3) is 0 Å². The molecule has 0 atom stereocenters. The van der Waals surface area contributed by atoms with Crippen molar-refractivity contribution in [3.63, 3.8) is 0 Å². The van der Waals surface area contributed by atoms with Crippen molar-refractivity contribution in [2.45, 2.75) is 32.2 Å². The van der Waals surface area contributed by atoms with E-state index in [9.17, 15) is 9.59 Å². The van der Waals surface area contributed by atoms with Crippen LogP contribution in [-0.4, -0.2) is 37.6 Å². The van der Waals surface area contributed by atoms with Crippen molar-refractivity contribution < 1.29 is 19.1 Å². The van der Waals surface area contributed by atoms with Crippen LogP contribution in [0, 0.1) is 0 Å². The lowest BCUT2D eigenvalue weighted by molar-refractivity contribution is -0.121. The summed E-state index contributed by atoms with van der Waals surface area (Å²) < 4.78 is 10.6. The summed E-state index contributed by atoms with van der Waals surface area (Å²) in [6.45, 7) is 1.16. The molecule has 1 aliphatic rings. The Morgan fingerprint density at radius 2 is 1.97 bits per heavy atom. The van der Waals surface area contributed by atoms with Crippen molar-refractivity contribution in [3.8, 4) is 22.1 Å². The van der Waals surface area contributed by atoms with Gasteiger partial charge < -0.3 is 19.7 Å². The van der Waals surface area contributed by atoms with Crippen LogP contribution in [0.3, 0.4) is 0 Å². The predicted octanol–water partition coefficient (Wildman–Crippen LogP) is 4.20. The summed E-state index contributed by atoms with van der Waals surface area (Å²) in [4.78, 5) is 31.1. The zero-order valence-corrected chi connectivity index (χ0v) is 19.6. The molecule has 2 aromatic carbocycles. The summed E-state index contributed by atoms with van der Waals surface area (Å²) in [5.74, 6) is 1.36. The predicted molar refractivity (Wildman–Crippen MR) is 129 cm³/mol. The summed E-state index contributed by atoms with van der Waals surface area (Å²) in [5, 5.41) is 5.67. The lowest BCUT2D eigenvalue weighted by Crippen LogP contribution is -2.35. The first-order chi connectivity index (χ1) is 16.1. The molecule has 8 heteroatoms. The second-order valence-corrected chi connectivity index (χ2v) is 8.70. The van der Waals surface area contributed by atoms with Gasteiger partial charge in [0, 0.05) is 36.1 Å². The molecule has 2 amide bonds. The fourth-order valence-electron chi connectivity index (χ4n) is 3.83. The number of methoxy groups -OCH3 is 2. The first-order valence-corrected chi connectivity index (χ1v) is 11.8. The Labute approximate surface area is 197 Å².